The van der Waals surface area contributed by atoms with Gasteiger partial charge in [0.2, 0.25) is 0 Å². The molecule has 1 N–H and O–H groups in total. The third-order valence-corrected chi connectivity index (χ3v) is 6.32. The summed E-state index contributed by atoms with van der Waals surface area (Å²) in [6.45, 7) is 5.65. The lowest BCUT2D eigenvalue weighted by Crippen LogP contribution is -2.39. The highest BCUT2D eigenvalue weighted by Crippen LogP contribution is 2.35. The predicted octanol–water partition coefficient (Wildman–Crippen LogP) is 5.64. The zero-order valence-electron chi connectivity index (χ0n) is 12.8. The number of thiophene rings is 1. The van der Waals surface area contributed by atoms with Crippen LogP contribution in [0, 0.1) is 11.8 Å². The van der Waals surface area contributed by atoms with E-state index in [1.807, 2.05) is 11.3 Å². The molecule has 20 heavy (non-hydrogen) atoms. The molecule has 0 bridgehead atoms. The summed E-state index contributed by atoms with van der Waals surface area (Å²) in [6.07, 6.45) is 9.76. The molecule has 1 fully saturated rings. The lowest BCUT2D eigenvalue weighted by molar-refractivity contribution is 0.214. The molecular weight excluding hydrogens is 330 g/mol. The maximum atomic E-state index is 3.75. The second kappa shape index (κ2) is 8.55. The van der Waals surface area contributed by atoms with E-state index in [-0.39, 0.29) is 0 Å². The van der Waals surface area contributed by atoms with E-state index in [4.69, 9.17) is 0 Å². The van der Waals surface area contributed by atoms with Crippen molar-refractivity contribution in [1.82, 2.24) is 5.32 Å². The Hall–Kier alpha value is 0.140. The Morgan fingerprint density at radius 3 is 2.55 bits per heavy atom. The Bertz CT molecular complexity index is 382. The van der Waals surface area contributed by atoms with Gasteiger partial charge in [-0.3, -0.25) is 0 Å². The summed E-state index contributed by atoms with van der Waals surface area (Å²) in [5.74, 6) is 1.89. The molecule has 1 aromatic heterocycles. The van der Waals surface area contributed by atoms with Crippen LogP contribution in [0.1, 0.15) is 57.2 Å². The summed E-state index contributed by atoms with van der Waals surface area (Å²) < 4.78 is 1.26. The average molecular weight is 358 g/mol. The summed E-state index contributed by atoms with van der Waals surface area (Å²) in [5, 5.41) is 3.75. The summed E-state index contributed by atoms with van der Waals surface area (Å²) in [6, 6.07) is 5.14. The van der Waals surface area contributed by atoms with Crippen LogP contribution < -0.4 is 5.32 Å². The minimum atomic E-state index is 0.674. The molecule has 2 rings (SSSR count). The summed E-state index contributed by atoms with van der Waals surface area (Å²) >= 11 is 5.47. The minimum Gasteiger partial charge on any atom is -0.314 e. The van der Waals surface area contributed by atoms with E-state index in [0.29, 0.717) is 6.04 Å². The highest BCUT2D eigenvalue weighted by atomic mass is 79.9. The molecule has 0 aromatic carbocycles. The molecule has 114 valence electrons. The molecule has 1 aliphatic rings. The maximum absolute atomic E-state index is 3.75. The van der Waals surface area contributed by atoms with Gasteiger partial charge in [0.15, 0.2) is 0 Å². The normalized spacial score (nSPS) is 24.8. The van der Waals surface area contributed by atoms with Gasteiger partial charge in [-0.2, -0.15) is 0 Å². The van der Waals surface area contributed by atoms with Crippen LogP contribution in [0.15, 0.2) is 15.9 Å². The molecule has 3 heteroatoms. The molecule has 0 saturated heterocycles. The number of halogens is 1. The topological polar surface area (TPSA) is 12.0 Å². The molecule has 1 saturated carbocycles. The standard InChI is InChI=1S/C17H28BrNS/c1-3-5-13-6-8-14(9-7-13)16(19-4-2)12-15-10-11-17(18)20-15/h10-11,13-14,16,19H,3-9,12H2,1-2H3. The summed E-state index contributed by atoms with van der Waals surface area (Å²) in [7, 11) is 0. The molecule has 0 amide bonds. The van der Waals surface area contributed by atoms with Gasteiger partial charge in [0.25, 0.3) is 0 Å². The first kappa shape index (κ1) is 16.5. The first-order chi connectivity index (χ1) is 9.72. The first-order valence-corrected chi connectivity index (χ1v) is 9.81. The van der Waals surface area contributed by atoms with Gasteiger partial charge in [-0.25, -0.2) is 0 Å². The molecular formula is C17H28BrNS. The van der Waals surface area contributed by atoms with Crippen LogP contribution in [0.3, 0.4) is 0 Å². The van der Waals surface area contributed by atoms with Crippen molar-refractivity contribution in [3.05, 3.63) is 20.8 Å². The third kappa shape index (κ3) is 4.85. The van der Waals surface area contributed by atoms with Crippen LogP contribution in [0.2, 0.25) is 0 Å². The van der Waals surface area contributed by atoms with Crippen LogP contribution >= 0.6 is 27.3 Å². The van der Waals surface area contributed by atoms with Gasteiger partial charge in [0, 0.05) is 10.9 Å². The van der Waals surface area contributed by atoms with Crippen LogP contribution in [-0.2, 0) is 6.42 Å². The maximum Gasteiger partial charge on any atom is 0.0701 e. The Balaban J connectivity index is 1.88. The largest absolute Gasteiger partial charge is 0.314 e. The van der Waals surface area contributed by atoms with Crippen molar-refractivity contribution in [3.8, 4) is 0 Å². The van der Waals surface area contributed by atoms with E-state index in [9.17, 15) is 0 Å². The predicted molar refractivity (Wildman–Crippen MR) is 93.5 cm³/mol. The van der Waals surface area contributed by atoms with Gasteiger partial charge in [-0.15, -0.1) is 11.3 Å². The fourth-order valence-electron chi connectivity index (χ4n) is 3.63. The second-order valence-corrected chi connectivity index (χ2v) is 8.69. The fourth-order valence-corrected chi connectivity index (χ4v) is 5.17. The zero-order chi connectivity index (χ0) is 14.4. The monoisotopic (exact) mass is 357 g/mol. The molecule has 1 aromatic rings. The number of likely N-dealkylation sites (N-methyl/N-ethyl adjacent to an activating group) is 1. The zero-order valence-corrected chi connectivity index (χ0v) is 15.2. The second-order valence-electron chi connectivity index (χ2n) is 6.14. The number of nitrogens with one attached hydrogen (secondary N) is 1. The number of hydrogen-bond donors (Lipinski definition) is 1. The van der Waals surface area contributed by atoms with Crippen molar-refractivity contribution in [2.75, 3.05) is 6.54 Å². The van der Waals surface area contributed by atoms with Crippen molar-refractivity contribution < 1.29 is 0 Å². The molecule has 1 unspecified atom stereocenters. The molecule has 1 nitrogen and oxygen atoms in total. The van der Waals surface area contributed by atoms with Crippen LogP contribution in [0.4, 0.5) is 0 Å². The van der Waals surface area contributed by atoms with Gasteiger partial charge in [0.1, 0.15) is 0 Å². The quantitative estimate of drug-likeness (QED) is 0.665. The first-order valence-electron chi connectivity index (χ1n) is 8.20. The molecule has 1 heterocycles. The molecule has 1 atom stereocenters. The van der Waals surface area contributed by atoms with E-state index in [0.717, 1.165) is 18.4 Å². The lowest BCUT2D eigenvalue weighted by atomic mass is 9.76. The fraction of sp³-hybridized carbons (Fsp3) is 0.765. The van der Waals surface area contributed by atoms with Crippen LogP contribution in [0.25, 0.3) is 0 Å². The Morgan fingerprint density at radius 1 is 1.25 bits per heavy atom. The van der Waals surface area contributed by atoms with Gasteiger partial charge >= 0.3 is 0 Å². The van der Waals surface area contributed by atoms with Crippen molar-refractivity contribution in [2.45, 2.75) is 64.8 Å². The summed E-state index contributed by atoms with van der Waals surface area (Å²) in [5.41, 5.74) is 0. The van der Waals surface area contributed by atoms with Crippen LogP contribution in [0.5, 0.6) is 0 Å². The van der Waals surface area contributed by atoms with Crippen LogP contribution in [-0.4, -0.2) is 12.6 Å². The number of hydrogen-bond acceptors (Lipinski definition) is 2. The third-order valence-electron chi connectivity index (χ3n) is 4.67. The summed E-state index contributed by atoms with van der Waals surface area (Å²) in [4.78, 5) is 1.51. The minimum absolute atomic E-state index is 0.674. The van der Waals surface area contributed by atoms with E-state index < -0.39 is 0 Å². The van der Waals surface area contributed by atoms with E-state index >= 15 is 0 Å². The highest BCUT2D eigenvalue weighted by molar-refractivity contribution is 9.11. The molecule has 1 aliphatic carbocycles. The SMILES string of the molecule is CCCC1CCC(C(Cc2ccc(Br)s2)NCC)CC1. The molecule has 0 radical (unpaired) electrons. The van der Waals surface area contributed by atoms with Gasteiger partial charge in [0.05, 0.1) is 3.79 Å². The highest BCUT2D eigenvalue weighted by Gasteiger charge is 2.27. The molecule has 0 aliphatic heterocycles. The van der Waals surface area contributed by atoms with Gasteiger partial charge < -0.3 is 5.32 Å². The van der Waals surface area contributed by atoms with E-state index in [1.54, 1.807) is 0 Å². The van der Waals surface area contributed by atoms with E-state index in [1.165, 1.54) is 53.6 Å². The van der Waals surface area contributed by atoms with E-state index in [2.05, 4.69) is 47.2 Å². The van der Waals surface area contributed by atoms with Gasteiger partial charge in [-0.05, 0) is 65.7 Å². The number of rotatable bonds is 7. The van der Waals surface area contributed by atoms with Crippen molar-refractivity contribution in [3.63, 3.8) is 0 Å². The van der Waals surface area contributed by atoms with Gasteiger partial charge in [-0.1, -0.05) is 39.5 Å². The Morgan fingerprint density at radius 2 is 2.00 bits per heavy atom. The Kier molecular flexibility index (Phi) is 7.06. The smallest absolute Gasteiger partial charge is 0.0701 e. The Labute approximate surface area is 136 Å². The average Bonchev–Trinajstić information content (AvgIpc) is 2.85. The lowest BCUT2D eigenvalue weighted by Gasteiger charge is -2.34. The van der Waals surface area contributed by atoms with Crippen molar-refractivity contribution in [1.29, 1.82) is 0 Å². The van der Waals surface area contributed by atoms with Crippen molar-refractivity contribution >= 4 is 27.3 Å². The molecule has 0 spiro atoms. The van der Waals surface area contributed by atoms with Crippen molar-refractivity contribution in [2.24, 2.45) is 11.8 Å².